The summed E-state index contributed by atoms with van der Waals surface area (Å²) in [6, 6.07) is 5.46. The summed E-state index contributed by atoms with van der Waals surface area (Å²) in [6.45, 7) is 3.94. The molecule has 1 N–H and O–H groups in total. The number of nitrogens with zero attached hydrogens (tertiary/aromatic N) is 2. The molecule has 0 spiro atoms. The molecule has 0 saturated heterocycles. The second-order valence-corrected chi connectivity index (χ2v) is 4.95. The molecule has 1 aromatic rings. The third-order valence-corrected chi connectivity index (χ3v) is 3.19. The number of hydrogen-bond acceptors (Lipinski definition) is 3. The summed E-state index contributed by atoms with van der Waals surface area (Å²) in [5.41, 5.74) is -0.967. The number of carbonyl (C=O) groups is 1. The van der Waals surface area contributed by atoms with Gasteiger partial charge in [0.05, 0.1) is 11.1 Å². The SMILES string of the molecule is CCCC(C#N)(CCC)C(=O)Nc1ccc(Cl)cn1. The van der Waals surface area contributed by atoms with Crippen LogP contribution in [0.2, 0.25) is 5.02 Å². The summed E-state index contributed by atoms with van der Waals surface area (Å²) in [6.07, 6.45) is 4.14. The summed E-state index contributed by atoms with van der Waals surface area (Å²) in [7, 11) is 0. The molecule has 1 amide bonds. The van der Waals surface area contributed by atoms with Gasteiger partial charge in [0.25, 0.3) is 0 Å². The van der Waals surface area contributed by atoms with Crippen molar-refractivity contribution in [1.29, 1.82) is 5.26 Å². The molecule has 0 saturated carbocycles. The summed E-state index contributed by atoms with van der Waals surface area (Å²) in [4.78, 5) is 16.3. The molecule has 1 aromatic heterocycles. The van der Waals surface area contributed by atoms with E-state index in [4.69, 9.17) is 11.6 Å². The lowest BCUT2D eigenvalue weighted by Crippen LogP contribution is -2.35. The lowest BCUT2D eigenvalue weighted by molar-refractivity contribution is -0.123. The summed E-state index contributed by atoms with van der Waals surface area (Å²) in [5.74, 6) is 0.134. The number of carbonyl (C=O) groups excluding carboxylic acids is 1. The third kappa shape index (κ3) is 3.93. The van der Waals surface area contributed by atoms with E-state index in [1.807, 2.05) is 13.8 Å². The zero-order valence-corrected chi connectivity index (χ0v) is 12.0. The van der Waals surface area contributed by atoms with E-state index in [1.165, 1.54) is 6.20 Å². The van der Waals surface area contributed by atoms with Crippen LogP contribution in [0.5, 0.6) is 0 Å². The van der Waals surface area contributed by atoms with Crippen LogP contribution >= 0.6 is 11.6 Å². The Kier molecular flexibility index (Phi) is 5.78. The highest BCUT2D eigenvalue weighted by Crippen LogP contribution is 2.30. The van der Waals surface area contributed by atoms with Crippen LogP contribution in [0.4, 0.5) is 5.82 Å². The third-order valence-electron chi connectivity index (χ3n) is 2.97. The lowest BCUT2D eigenvalue weighted by Gasteiger charge is -2.24. The van der Waals surface area contributed by atoms with E-state index < -0.39 is 5.41 Å². The standard InChI is InChI=1S/C14H18ClN3O/c1-3-7-14(10-16,8-4-2)13(19)18-12-6-5-11(15)9-17-12/h5-6,9H,3-4,7-8H2,1-2H3,(H,17,18,19). The van der Waals surface area contributed by atoms with Crippen molar-refractivity contribution in [2.45, 2.75) is 39.5 Å². The van der Waals surface area contributed by atoms with Gasteiger partial charge in [0.2, 0.25) is 5.91 Å². The van der Waals surface area contributed by atoms with Crippen molar-refractivity contribution in [1.82, 2.24) is 4.98 Å². The van der Waals surface area contributed by atoms with Crippen molar-refractivity contribution in [2.24, 2.45) is 5.41 Å². The Bertz CT molecular complexity index is 459. The maximum Gasteiger partial charge on any atom is 0.246 e. The number of hydrogen-bond donors (Lipinski definition) is 1. The first-order chi connectivity index (χ1) is 9.07. The Morgan fingerprint density at radius 2 is 2.05 bits per heavy atom. The molecule has 19 heavy (non-hydrogen) atoms. The molecule has 1 heterocycles. The molecule has 0 atom stereocenters. The van der Waals surface area contributed by atoms with Crippen LogP contribution in [-0.4, -0.2) is 10.9 Å². The number of anilines is 1. The summed E-state index contributed by atoms with van der Waals surface area (Å²) in [5, 5.41) is 12.6. The van der Waals surface area contributed by atoms with E-state index in [1.54, 1.807) is 12.1 Å². The zero-order valence-electron chi connectivity index (χ0n) is 11.2. The Balaban J connectivity index is 2.88. The van der Waals surface area contributed by atoms with Gasteiger partial charge in [-0.3, -0.25) is 4.79 Å². The lowest BCUT2D eigenvalue weighted by atomic mass is 9.80. The molecule has 0 aromatic carbocycles. The first-order valence-electron chi connectivity index (χ1n) is 6.42. The topological polar surface area (TPSA) is 65.8 Å². The quantitative estimate of drug-likeness (QED) is 0.862. The maximum atomic E-state index is 12.3. The van der Waals surface area contributed by atoms with Crippen LogP contribution in [0.1, 0.15) is 39.5 Å². The number of nitriles is 1. The van der Waals surface area contributed by atoms with Gasteiger partial charge in [-0.15, -0.1) is 0 Å². The smallest absolute Gasteiger partial charge is 0.246 e. The number of aromatic nitrogens is 1. The highest BCUT2D eigenvalue weighted by Gasteiger charge is 2.37. The molecule has 1 rings (SSSR count). The molecular weight excluding hydrogens is 262 g/mol. The van der Waals surface area contributed by atoms with Gasteiger partial charge in [-0.25, -0.2) is 4.98 Å². The second kappa shape index (κ2) is 7.10. The number of pyridine rings is 1. The minimum Gasteiger partial charge on any atom is -0.309 e. The Morgan fingerprint density at radius 3 is 2.47 bits per heavy atom. The fourth-order valence-corrected chi connectivity index (χ4v) is 2.17. The number of amides is 1. The van der Waals surface area contributed by atoms with E-state index in [0.717, 1.165) is 12.8 Å². The van der Waals surface area contributed by atoms with Crippen molar-refractivity contribution in [2.75, 3.05) is 5.32 Å². The van der Waals surface area contributed by atoms with E-state index in [9.17, 15) is 10.1 Å². The molecule has 4 nitrogen and oxygen atoms in total. The molecule has 102 valence electrons. The van der Waals surface area contributed by atoms with Crippen molar-refractivity contribution >= 4 is 23.3 Å². The molecule has 0 bridgehead atoms. The van der Waals surface area contributed by atoms with Crippen molar-refractivity contribution in [3.8, 4) is 6.07 Å². The molecule has 0 radical (unpaired) electrons. The summed E-state index contributed by atoms with van der Waals surface area (Å²) < 4.78 is 0. The Labute approximate surface area is 118 Å². The Hall–Kier alpha value is -1.60. The molecule has 5 heteroatoms. The van der Waals surface area contributed by atoms with Gasteiger partial charge in [0, 0.05) is 6.20 Å². The number of halogens is 1. The Morgan fingerprint density at radius 1 is 1.42 bits per heavy atom. The van der Waals surface area contributed by atoms with E-state index in [-0.39, 0.29) is 5.91 Å². The van der Waals surface area contributed by atoms with E-state index in [0.29, 0.717) is 23.7 Å². The normalized spacial score (nSPS) is 10.8. The predicted octanol–water partition coefficient (Wildman–Crippen LogP) is 3.78. The first-order valence-corrected chi connectivity index (χ1v) is 6.80. The van der Waals surface area contributed by atoms with Gasteiger partial charge in [-0.1, -0.05) is 38.3 Å². The monoisotopic (exact) mass is 279 g/mol. The molecule has 0 unspecified atom stereocenters. The summed E-state index contributed by atoms with van der Waals surface area (Å²) >= 11 is 5.74. The molecule has 0 fully saturated rings. The zero-order chi connectivity index (χ0) is 14.3. The maximum absolute atomic E-state index is 12.3. The van der Waals surface area contributed by atoms with Crippen LogP contribution in [-0.2, 0) is 4.79 Å². The highest BCUT2D eigenvalue weighted by molar-refractivity contribution is 6.30. The van der Waals surface area contributed by atoms with Crippen molar-refractivity contribution in [3.05, 3.63) is 23.4 Å². The molecular formula is C14H18ClN3O. The largest absolute Gasteiger partial charge is 0.309 e. The minimum atomic E-state index is -0.967. The average molecular weight is 280 g/mol. The van der Waals surface area contributed by atoms with E-state index in [2.05, 4.69) is 16.4 Å². The van der Waals surface area contributed by atoms with Crippen LogP contribution in [0, 0.1) is 16.7 Å². The average Bonchev–Trinajstić information content (AvgIpc) is 2.41. The van der Waals surface area contributed by atoms with Crippen LogP contribution in [0.15, 0.2) is 18.3 Å². The van der Waals surface area contributed by atoms with Crippen LogP contribution < -0.4 is 5.32 Å². The molecule has 0 aliphatic heterocycles. The fraction of sp³-hybridized carbons (Fsp3) is 0.500. The molecule has 0 aliphatic rings. The van der Waals surface area contributed by atoms with Gasteiger partial charge >= 0.3 is 0 Å². The first kappa shape index (κ1) is 15.5. The second-order valence-electron chi connectivity index (χ2n) is 4.51. The predicted molar refractivity (Wildman–Crippen MR) is 75.7 cm³/mol. The van der Waals surface area contributed by atoms with Gasteiger partial charge in [0.1, 0.15) is 11.2 Å². The van der Waals surface area contributed by atoms with Gasteiger partial charge in [-0.2, -0.15) is 5.26 Å². The van der Waals surface area contributed by atoms with E-state index >= 15 is 0 Å². The van der Waals surface area contributed by atoms with Gasteiger partial charge in [-0.05, 0) is 25.0 Å². The van der Waals surface area contributed by atoms with Crippen LogP contribution in [0.25, 0.3) is 0 Å². The van der Waals surface area contributed by atoms with Crippen LogP contribution in [0.3, 0.4) is 0 Å². The van der Waals surface area contributed by atoms with Crippen molar-refractivity contribution < 1.29 is 4.79 Å². The highest BCUT2D eigenvalue weighted by atomic mass is 35.5. The number of nitrogens with one attached hydrogen (secondary N) is 1. The van der Waals surface area contributed by atoms with Gasteiger partial charge in [0.15, 0.2) is 0 Å². The molecule has 0 aliphatic carbocycles. The number of rotatable bonds is 6. The van der Waals surface area contributed by atoms with Gasteiger partial charge < -0.3 is 5.32 Å². The minimum absolute atomic E-state index is 0.284. The van der Waals surface area contributed by atoms with Crippen molar-refractivity contribution in [3.63, 3.8) is 0 Å². The fourth-order valence-electron chi connectivity index (χ4n) is 2.05.